The third kappa shape index (κ3) is 2.69. The fourth-order valence-electron chi connectivity index (χ4n) is 2.77. The van der Waals surface area contributed by atoms with Crippen molar-refractivity contribution in [2.75, 3.05) is 0 Å². The summed E-state index contributed by atoms with van der Waals surface area (Å²) in [4.78, 5) is 0. The predicted octanol–water partition coefficient (Wildman–Crippen LogP) is 4.10. The Bertz CT molecular complexity index is 427. The predicted molar refractivity (Wildman–Crippen MR) is 63.0 cm³/mol. The topological polar surface area (TPSA) is 20.2 Å². The zero-order valence-corrected chi connectivity index (χ0v) is 10.3. The van der Waals surface area contributed by atoms with Crippen LogP contribution in [0.15, 0.2) is 24.3 Å². The Hall–Kier alpha value is -1.03. The summed E-state index contributed by atoms with van der Waals surface area (Å²) in [7, 11) is 0. The fraction of sp³-hybridized carbons (Fsp3) is 0.571. The maximum atomic E-state index is 12.7. The molecule has 1 nitrogen and oxygen atoms in total. The van der Waals surface area contributed by atoms with Crippen LogP contribution in [0.5, 0.6) is 0 Å². The molecule has 2 rings (SSSR count). The first-order valence-electron chi connectivity index (χ1n) is 6.21. The van der Waals surface area contributed by atoms with Crippen molar-refractivity contribution in [3.05, 3.63) is 35.4 Å². The van der Waals surface area contributed by atoms with Crippen LogP contribution in [0, 0.1) is 5.92 Å². The van der Waals surface area contributed by atoms with Crippen LogP contribution in [0.4, 0.5) is 13.2 Å². The molecule has 1 fully saturated rings. The molecular formula is C14H17F3O. The second-order valence-corrected chi connectivity index (χ2v) is 5.31. The molecule has 1 saturated carbocycles. The Labute approximate surface area is 105 Å². The molecule has 0 saturated heterocycles. The van der Waals surface area contributed by atoms with Crippen LogP contribution in [0.2, 0.25) is 0 Å². The first kappa shape index (κ1) is 13.4. The molecule has 0 radical (unpaired) electrons. The van der Waals surface area contributed by atoms with Gasteiger partial charge in [0.1, 0.15) is 0 Å². The molecular weight excluding hydrogens is 241 g/mol. The van der Waals surface area contributed by atoms with Crippen LogP contribution < -0.4 is 0 Å². The lowest BCUT2D eigenvalue weighted by molar-refractivity contribution is -0.137. The van der Waals surface area contributed by atoms with Crippen LogP contribution in [-0.4, -0.2) is 5.11 Å². The molecule has 0 amide bonds. The van der Waals surface area contributed by atoms with Crippen molar-refractivity contribution in [1.29, 1.82) is 0 Å². The average Bonchev–Trinajstić information content (AvgIpc) is 2.28. The molecule has 0 bridgehead atoms. The van der Waals surface area contributed by atoms with Crippen molar-refractivity contribution in [2.24, 2.45) is 5.92 Å². The van der Waals surface area contributed by atoms with E-state index in [1.54, 1.807) is 6.07 Å². The van der Waals surface area contributed by atoms with Gasteiger partial charge in [-0.2, -0.15) is 13.2 Å². The summed E-state index contributed by atoms with van der Waals surface area (Å²) in [6.07, 6.45) is -1.39. The van der Waals surface area contributed by atoms with Crippen LogP contribution in [-0.2, 0) is 11.8 Å². The summed E-state index contributed by atoms with van der Waals surface area (Å²) in [6, 6.07) is 5.08. The van der Waals surface area contributed by atoms with Crippen molar-refractivity contribution in [2.45, 2.75) is 44.4 Å². The highest BCUT2D eigenvalue weighted by molar-refractivity contribution is 5.30. The Morgan fingerprint density at radius 1 is 1.33 bits per heavy atom. The van der Waals surface area contributed by atoms with Crippen LogP contribution in [0.25, 0.3) is 0 Å². The van der Waals surface area contributed by atoms with Gasteiger partial charge in [0, 0.05) is 0 Å². The minimum atomic E-state index is -4.35. The summed E-state index contributed by atoms with van der Waals surface area (Å²) >= 11 is 0. The Balaban J connectivity index is 2.33. The van der Waals surface area contributed by atoms with E-state index in [2.05, 4.69) is 0 Å². The van der Waals surface area contributed by atoms with E-state index in [0.29, 0.717) is 24.3 Å². The molecule has 1 aromatic rings. The van der Waals surface area contributed by atoms with Gasteiger partial charge in [-0.15, -0.1) is 0 Å². The summed E-state index contributed by atoms with van der Waals surface area (Å²) in [5, 5.41) is 10.5. The minimum absolute atomic E-state index is 0.346. The molecule has 0 aliphatic heterocycles. The van der Waals surface area contributed by atoms with Crippen molar-refractivity contribution in [3.8, 4) is 0 Å². The highest BCUT2D eigenvalue weighted by Crippen LogP contribution is 2.41. The summed E-state index contributed by atoms with van der Waals surface area (Å²) in [6.45, 7) is 2.03. The van der Waals surface area contributed by atoms with Crippen molar-refractivity contribution < 1.29 is 18.3 Å². The lowest BCUT2D eigenvalue weighted by atomic mass is 9.75. The molecule has 100 valence electrons. The number of halogens is 3. The monoisotopic (exact) mass is 258 g/mol. The number of hydrogen-bond acceptors (Lipinski definition) is 1. The minimum Gasteiger partial charge on any atom is -0.385 e. The van der Waals surface area contributed by atoms with Gasteiger partial charge in [0.2, 0.25) is 0 Å². The number of alkyl halides is 3. The third-order valence-electron chi connectivity index (χ3n) is 3.70. The van der Waals surface area contributed by atoms with Crippen molar-refractivity contribution in [1.82, 2.24) is 0 Å². The smallest absolute Gasteiger partial charge is 0.385 e. The van der Waals surface area contributed by atoms with E-state index in [1.807, 2.05) is 6.92 Å². The molecule has 0 spiro atoms. The van der Waals surface area contributed by atoms with E-state index in [1.165, 1.54) is 6.07 Å². The number of aliphatic hydroxyl groups is 1. The first-order chi connectivity index (χ1) is 8.31. The fourth-order valence-corrected chi connectivity index (χ4v) is 2.77. The number of rotatable bonds is 1. The zero-order chi connectivity index (χ0) is 13.4. The maximum absolute atomic E-state index is 12.7. The molecule has 1 N–H and O–H groups in total. The van der Waals surface area contributed by atoms with E-state index in [9.17, 15) is 18.3 Å². The Kier molecular flexibility index (Phi) is 3.41. The standard InChI is InChI=1S/C14H17F3O/c1-10-4-3-7-13(18,9-10)11-5-2-6-12(8-11)14(15,16)17/h2,5-6,8,10,18H,3-4,7,9H2,1H3. The molecule has 1 aromatic carbocycles. The summed E-state index contributed by atoms with van der Waals surface area (Å²) < 4.78 is 38.0. The zero-order valence-electron chi connectivity index (χ0n) is 10.3. The van der Waals surface area contributed by atoms with Crippen molar-refractivity contribution >= 4 is 0 Å². The van der Waals surface area contributed by atoms with Gasteiger partial charge in [0.25, 0.3) is 0 Å². The van der Waals surface area contributed by atoms with Gasteiger partial charge in [0.05, 0.1) is 11.2 Å². The lowest BCUT2D eigenvalue weighted by Crippen LogP contribution is -2.32. The molecule has 0 heterocycles. The Morgan fingerprint density at radius 2 is 2.06 bits per heavy atom. The van der Waals surface area contributed by atoms with Gasteiger partial charge >= 0.3 is 6.18 Å². The molecule has 2 unspecified atom stereocenters. The van der Waals surface area contributed by atoms with E-state index < -0.39 is 17.3 Å². The van der Waals surface area contributed by atoms with Gasteiger partial charge < -0.3 is 5.11 Å². The normalized spacial score (nSPS) is 29.3. The SMILES string of the molecule is CC1CCCC(O)(c2cccc(C(F)(F)F)c2)C1. The Morgan fingerprint density at radius 3 is 2.67 bits per heavy atom. The number of hydrogen-bond donors (Lipinski definition) is 1. The maximum Gasteiger partial charge on any atom is 0.416 e. The molecule has 1 aliphatic carbocycles. The lowest BCUT2D eigenvalue weighted by Gasteiger charge is -2.36. The second kappa shape index (κ2) is 4.57. The largest absolute Gasteiger partial charge is 0.416 e. The molecule has 4 heteroatoms. The van der Waals surface area contributed by atoms with Gasteiger partial charge in [-0.1, -0.05) is 25.5 Å². The van der Waals surface area contributed by atoms with Gasteiger partial charge in [-0.05, 0) is 42.9 Å². The molecule has 2 atom stereocenters. The highest BCUT2D eigenvalue weighted by Gasteiger charge is 2.37. The van der Waals surface area contributed by atoms with E-state index in [4.69, 9.17) is 0 Å². The van der Waals surface area contributed by atoms with E-state index in [-0.39, 0.29) is 0 Å². The quantitative estimate of drug-likeness (QED) is 0.804. The molecule has 18 heavy (non-hydrogen) atoms. The van der Waals surface area contributed by atoms with Gasteiger partial charge in [-0.3, -0.25) is 0 Å². The summed E-state index contributed by atoms with van der Waals surface area (Å²) in [5.41, 5.74) is -1.39. The molecule has 0 aromatic heterocycles. The van der Waals surface area contributed by atoms with Crippen LogP contribution in [0.1, 0.15) is 43.7 Å². The summed E-state index contributed by atoms with van der Waals surface area (Å²) in [5.74, 6) is 0.346. The van der Waals surface area contributed by atoms with E-state index >= 15 is 0 Å². The van der Waals surface area contributed by atoms with Crippen LogP contribution in [0.3, 0.4) is 0 Å². The van der Waals surface area contributed by atoms with Crippen LogP contribution >= 0.6 is 0 Å². The van der Waals surface area contributed by atoms with Gasteiger partial charge in [-0.25, -0.2) is 0 Å². The molecule has 1 aliphatic rings. The second-order valence-electron chi connectivity index (χ2n) is 5.31. The van der Waals surface area contributed by atoms with Gasteiger partial charge in [0.15, 0.2) is 0 Å². The average molecular weight is 258 g/mol. The van der Waals surface area contributed by atoms with E-state index in [0.717, 1.165) is 25.0 Å². The van der Waals surface area contributed by atoms with Crippen molar-refractivity contribution in [3.63, 3.8) is 0 Å². The first-order valence-corrected chi connectivity index (χ1v) is 6.21. The highest BCUT2D eigenvalue weighted by atomic mass is 19.4. The number of benzene rings is 1. The third-order valence-corrected chi connectivity index (χ3v) is 3.70.